The van der Waals surface area contributed by atoms with Crippen LogP contribution in [0.5, 0.6) is 0 Å². The maximum Gasteiger partial charge on any atom is 0.171 e. The predicted molar refractivity (Wildman–Crippen MR) is 77.3 cm³/mol. The van der Waals surface area contributed by atoms with E-state index >= 15 is 0 Å². The minimum absolute atomic E-state index is 0.353. The molecule has 20 heavy (non-hydrogen) atoms. The van der Waals surface area contributed by atoms with E-state index in [1.807, 2.05) is 24.3 Å². The second kappa shape index (κ2) is 5.26. The van der Waals surface area contributed by atoms with Gasteiger partial charge in [-0.3, -0.25) is 0 Å². The number of hydrogen-bond acceptors (Lipinski definition) is 3. The second-order valence-corrected chi connectivity index (χ2v) is 5.49. The van der Waals surface area contributed by atoms with Crippen molar-refractivity contribution in [3.63, 3.8) is 0 Å². The lowest BCUT2D eigenvalue weighted by molar-refractivity contribution is 0.195. The Morgan fingerprint density at radius 1 is 1.20 bits per heavy atom. The number of nitrogens with one attached hydrogen (secondary N) is 1. The van der Waals surface area contributed by atoms with Crippen LogP contribution < -0.4 is 0 Å². The van der Waals surface area contributed by atoms with Gasteiger partial charge < -0.3 is 10.1 Å². The fourth-order valence-corrected chi connectivity index (χ4v) is 3.06. The molecule has 0 aliphatic heterocycles. The number of benzene rings is 2. The summed E-state index contributed by atoms with van der Waals surface area (Å²) in [6, 6.07) is 12.3. The topological polar surface area (TPSA) is 48.9 Å². The second-order valence-electron chi connectivity index (χ2n) is 4.50. The molecule has 0 unspecified atom stereocenters. The largest absolute Gasteiger partial charge is 0.389 e. The fraction of sp³-hybridized carbons (Fsp3) is 0.133. The lowest BCUT2D eigenvalue weighted by atomic mass is 10.1. The summed E-state index contributed by atoms with van der Waals surface area (Å²) in [5, 5.41) is 10.3. The van der Waals surface area contributed by atoms with Crippen LogP contribution in [0.15, 0.2) is 52.5 Å². The SMILES string of the molecule is C[C@H](O)c1cccc(F)c1Sc1nc2ccccc2[nH]1. The molecule has 0 amide bonds. The lowest BCUT2D eigenvalue weighted by Gasteiger charge is -2.10. The van der Waals surface area contributed by atoms with Crippen molar-refractivity contribution in [2.24, 2.45) is 0 Å². The normalized spacial score (nSPS) is 12.8. The number of imidazole rings is 1. The van der Waals surface area contributed by atoms with Gasteiger partial charge in [-0.05, 0) is 42.4 Å². The minimum atomic E-state index is -0.724. The Balaban J connectivity index is 2.02. The number of halogens is 1. The number of H-pyrrole nitrogens is 1. The molecule has 1 atom stereocenters. The van der Waals surface area contributed by atoms with Crippen molar-refractivity contribution in [2.75, 3.05) is 0 Å². The first kappa shape index (κ1) is 13.1. The molecule has 3 nitrogen and oxygen atoms in total. The van der Waals surface area contributed by atoms with E-state index in [0.717, 1.165) is 11.0 Å². The molecule has 1 heterocycles. The predicted octanol–water partition coefficient (Wildman–Crippen LogP) is 3.91. The van der Waals surface area contributed by atoms with Crippen molar-refractivity contribution in [1.29, 1.82) is 0 Å². The number of nitrogens with zero attached hydrogens (tertiary/aromatic N) is 1. The van der Waals surface area contributed by atoms with Crippen molar-refractivity contribution in [2.45, 2.75) is 23.1 Å². The van der Waals surface area contributed by atoms with E-state index in [0.29, 0.717) is 15.6 Å². The van der Waals surface area contributed by atoms with Gasteiger partial charge in [-0.1, -0.05) is 24.3 Å². The summed E-state index contributed by atoms with van der Waals surface area (Å²) in [5.41, 5.74) is 2.31. The molecule has 0 aliphatic rings. The van der Waals surface area contributed by atoms with Gasteiger partial charge >= 0.3 is 0 Å². The molecular formula is C15H13FN2OS. The highest BCUT2D eigenvalue weighted by Gasteiger charge is 2.15. The summed E-state index contributed by atoms with van der Waals surface area (Å²) in [6.45, 7) is 1.62. The van der Waals surface area contributed by atoms with Crippen molar-refractivity contribution in [3.8, 4) is 0 Å². The molecule has 2 aromatic carbocycles. The van der Waals surface area contributed by atoms with E-state index in [4.69, 9.17) is 0 Å². The molecule has 0 saturated heterocycles. The van der Waals surface area contributed by atoms with Crippen molar-refractivity contribution in [1.82, 2.24) is 9.97 Å². The molecule has 0 saturated carbocycles. The van der Waals surface area contributed by atoms with E-state index in [-0.39, 0.29) is 5.82 Å². The quantitative estimate of drug-likeness (QED) is 0.768. The monoisotopic (exact) mass is 288 g/mol. The molecule has 5 heteroatoms. The number of aromatic amines is 1. The Morgan fingerprint density at radius 2 is 2.00 bits per heavy atom. The summed E-state index contributed by atoms with van der Waals surface area (Å²) in [7, 11) is 0. The third-order valence-electron chi connectivity index (χ3n) is 3.01. The zero-order valence-corrected chi connectivity index (χ0v) is 11.6. The first-order valence-corrected chi connectivity index (χ1v) is 7.06. The highest BCUT2D eigenvalue weighted by molar-refractivity contribution is 7.99. The average molecular weight is 288 g/mol. The maximum absolute atomic E-state index is 14.0. The molecule has 0 fully saturated rings. The van der Waals surface area contributed by atoms with Gasteiger partial charge in [-0.2, -0.15) is 0 Å². The Kier molecular flexibility index (Phi) is 3.46. The molecule has 0 spiro atoms. The molecule has 2 N–H and O–H groups in total. The number of rotatable bonds is 3. The van der Waals surface area contributed by atoms with E-state index < -0.39 is 6.10 Å². The van der Waals surface area contributed by atoms with Gasteiger partial charge in [-0.15, -0.1) is 0 Å². The van der Waals surface area contributed by atoms with Gasteiger partial charge in [0.05, 0.1) is 22.0 Å². The van der Waals surface area contributed by atoms with Crippen LogP contribution in [0.4, 0.5) is 4.39 Å². The van der Waals surface area contributed by atoms with Crippen LogP contribution in [0, 0.1) is 5.82 Å². The lowest BCUT2D eigenvalue weighted by Crippen LogP contribution is -1.96. The van der Waals surface area contributed by atoms with E-state index in [1.54, 1.807) is 19.1 Å². The summed E-state index contributed by atoms with van der Waals surface area (Å²) < 4.78 is 14.0. The Hall–Kier alpha value is -1.85. The number of aromatic nitrogens is 2. The maximum atomic E-state index is 14.0. The summed E-state index contributed by atoms with van der Waals surface area (Å²) >= 11 is 1.19. The molecule has 3 rings (SSSR count). The van der Waals surface area contributed by atoms with Gasteiger partial charge in [-0.25, -0.2) is 9.37 Å². The van der Waals surface area contributed by atoms with Crippen LogP contribution in [0.2, 0.25) is 0 Å². The molecular weight excluding hydrogens is 275 g/mol. The van der Waals surface area contributed by atoms with Crippen molar-refractivity contribution >= 4 is 22.8 Å². The van der Waals surface area contributed by atoms with Crippen LogP contribution >= 0.6 is 11.8 Å². The van der Waals surface area contributed by atoms with E-state index in [1.165, 1.54) is 17.8 Å². The van der Waals surface area contributed by atoms with Gasteiger partial charge in [0, 0.05) is 0 Å². The van der Waals surface area contributed by atoms with E-state index in [9.17, 15) is 9.50 Å². The number of fused-ring (bicyclic) bond motifs is 1. The first-order chi connectivity index (χ1) is 9.65. The molecule has 0 radical (unpaired) electrons. The Labute approximate surface area is 119 Å². The van der Waals surface area contributed by atoms with Gasteiger partial charge in [0.25, 0.3) is 0 Å². The van der Waals surface area contributed by atoms with Crippen molar-refractivity contribution in [3.05, 3.63) is 53.8 Å². The van der Waals surface area contributed by atoms with Crippen LogP contribution in [-0.4, -0.2) is 15.1 Å². The third-order valence-corrected chi connectivity index (χ3v) is 4.04. The smallest absolute Gasteiger partial charge is 0.171 e. The zero-order chi connectivity index (χ0) is 14.1. The molecule has 102 valence electrons. The number of hydrogen-bond donors (Lipinski definition) is 2. The summed E-state index contributed by atoms with van der Waals surface area (Å²) in [5.74, 6) is -0.353. The average Bonchev–Trinajstić information content (AvgIpc) is 2.83. The summed E-state index contributed by atoms with van der Waals surface area (Å²) in [6.07, 6.45) is -0.724. The Bertz CT molecular complexity index is 721. The Morgan fingerprint density at radius 3 is 2.75 bits per heavy atom. The minimum Gasteiger partial charge on any atom is -0.389 e. The van der Waals surface area contributed by atoms with Gasteiger partial charge in [0.15, 0.2) is 5.16 Å². The first-order valence-electron chi connectivity index (χ1n) is 6.24. The summed E-state index contributed by atoms with van der Waals surface area (Å²) in [4.78, 5) is 7.95. The van der Waals surface area contributed by atoms with Crippen LogP contribution in [0.25, 0.3) is 11.0 Å². The van der Waals surface area contributed by atoms with Crippen LogP contribution in [0.1, 0.15) is 18.6 Å². The number of aliphatic hydroxyl groups is 1. The number of aliphatic hydroxyl groups excluding tert-OH is 1. The van der Waals surface area contributed by atoms with Crippen LogP contribution in [0.3, 0.4) is 0 Å². The molecule has 0 bridgehead atoms. The van der Waals surface area contributed by atoms with Gasteiger partial charge in [0.1, 0.15) is 5.82 Å². The standard InChI is InChI=1S/C15H13FN2OS/c1-9(19)10-5-4-6-11(16)14(10)20-15-17-12-7-2-3-8-13(12)18-15/h2-9,19H,1H3,(H,17,18)/t9-/m0/s1. The molecule has 3 aromatic rings. The fourth-order valence-electron chi connectivity index (χ4n) is 2.04. The third kappa shape index (κ3) is 2.42. The van der Waals surface area contributed by atoms with Crippen molar-refractivity contribution < 1.29 is 9.50 Å². The molecule has 1 aromatic heterocycles. The number of para-hydroxylation sites is 2. The highest BCUT2D eigenvalue weighted by atomic mass is 32.2. The zero-order valence-electron chi connectivity index (χ0n) is 10.8. The van der Waals surface area contributed by atoms with Gasteiger partial charge in [0.2, 0.25) is 0 Å². The highest BCUT2D eigenvalue weighted by Crippen LogP contribution is 2.34. The van der Waals surface area contributed by atoms with Crippen LogP contribution in [-0.2, 0) is 0 Å². The van der Waals surface area contributed by atoms with E-state index in [2.05, 4.69) is 9.97 Å². The molecule has 0 aliphatic carbocycles.